The highest BCUT2D eigenvalue weighted by molar-refractivity contribution is 5.92. The second kappa shape index (κ2) is 4.75. The third-order valence-corrected chi connectivity index (χ3v) is 3.27. The van der Waals surface area contributed by atoms with E-state index in [1.165, 1.54) is 7.11 Å². The Balaban J connectivity index is 2.14. The van der Waals surface area contributed by atoms with Crippen LogP contribution in [-0.4, -0.2) is 25.2 Å². The van der Waals surface area contributed by atoms with Gasteiger partial charge in [-0.2, -0.15) is 0 Å². The molecular weight excluding hydrogens is 216 g/mol. The third-order valence-electron chi connectivity index (χ3n) is 3.27. The topological polar surface area (TPSA) is 64.3 Å². The number of anilines is 1. The molecule has 2 rings (SSSR count). The van der Waals surface area contributed by atoms with Crippen molar-refractivity contribution < 1.29 is 9.53 Å². The van der Waals surface area contributed by atoms with Gasteiger partial charge in [-0.05, 0) is 37.5 Å². The molecule has 0 atom stereocenters. The maximum atomic E-state index is 11.5. The van der Waals surface area contributed by atoms with Crippen LogP contribution in [-0.2, 0) is 4.74 Å². The molecule has 0 aromatic heterocycles. The maximum Gasteiger partial charge on any atom is 0.338 e. The van der Waals surface area contributed by atoms with Gasteiger partial charge < -0.3 is 15.8 Å². The first-order valence-electron chi connectivity index (χ1n) is 5.82. The van der Waals surface area contributed by atoms with Gasteiger partial charge in [-0.1, -0.05) is 6.07 Å². The van der Waals surface area contributed by atoms with Gasteiger partial charge in [-0.3, -0.25) is 0 Å². The summed E-state index contributed by atoms with van der Waals surface area (Å²) in [5.74, 6) is -0.295. The van der Waals surface area contributed by atoms with Gasteiger partial charge in [-0.15, -0.1) is 0 Å². The van der Waals surface area contributed by atoms with Crippen molar-refractivity contribution in [1.82, 2.24) is 0 Å². The molecule has 1 aliphatic carbocycles. The number of rotatable bonds is 3. The molecule has 17 heavy (non-hydrogen) atoms. The SMILES string of the molecule is COC(=O)c1cccc(NC2CC(N)C2)c1C. The zero-order chi connectivity index (χ0) is 12.4. The number of esters is 1. The zero-order valence-corrected chi connectivity index (χ0v) is 10.2. The molecule has 92 valence electrons. The van der Waals surface area contributed by atoms with E-state index in [1.807, 2.05) is 19.1 Å². The first kappa shape index (κ1) is 11.9. The van der Waals surface area contributed by atoms with E-state index in [-0.39, 0.29) is 5.97 Å². The monoisotopic (exact) mass is 234 g/mol. The molecule has 1 aromatic rings. The van der Waals surface area contributed by atoms with Gasteiger partial charge in [0.05, 0.1) is 12.7 Å². The lowest BCUT2D eigenvalue weighted by Crippen LogP contribution is -2.44. The Morgan fingerprint density at radius 1 is 1.47 bits per heavy atom. The van der Waals surface area contributed by atoms with E-state index >= 15 is 0 Å². The average Bonchev–Trinajstić information content (AvgIpc) is 2.28. The van der Waals surface area contributed by atoms with Gasteiger partial charge in [0.2, 0.25) is 0 Å². The smallest absolute Gasteiger partial charge is 0.338 e. The summed E-state index contributed by atoms with van der Waals surface area (Å²) in [4.78, 5) is 11.5. The molecule has 1 aliphatic rings. The summed E-state index contributed by atoms with van der Waals surface area (Å²) in [5, 5.41) is 3.41. The second-order valence-electron chi connectivity index (χ2n) is 4.54. The molecular formula is C13H18N2O2. The molecule has 4 heteroatoms. The van der Waals surface area contributed by atoms with Gasteiger partial charge in [-0.25, -0.2) is 4.79 Å². The van der Waals surface area contributed by atoms with Crippen LogP contribution < -0.4 is 11.1 Å². The van der Waals surface area contributed by atoms with Crippen molar-refractivity contribution in [2.24, 2.45) is 5.73 Å². The van der Waals surface area contributed by atoms with Crippen LogP contribution in [0.4, 0.5) is 5.69 Å². The van der Waals surface area contributed by atoms with Gasteiger partial charge in [0.25, 0.3) is 0 Å². The summed E-state index contributed by atoms with van der Waals surface area (Å²) < 4.78 is 4.75. The molecule has 0 spiro atoms. The summed E-state index contributed by atoms with van der Waals surface area (Å²) in [6.07, 6.45) is 1.98. The zero-order valence-electron chi connectivity index (χ0n) is 10.2. The van der Waals surface area contributed by atoms with Crippen LogP contribution >= 0.6 is 0 Å². The molecule has 0 amide bonds. The van der Waals surface area contributed by atoms with E-state index in [4.69, 9.17) is 10.5 Å². The van der Waals surface area contributed by atoms with E-state index in [9.17, 15) is 4.79 Å². The first-order valence-corrected chi connectivity index (χ1v) is 5.82. The van der Waals surface area contributed by atoms with Crippen LogP contribution in [0, 0.1) is 6.92 Å². The van der Waals surface area contributed by atoms with Crippen LogP contribution in [0.3, 0.4) is 0 Å². The summed E-state index contributed by atoms with van der Waals surface area (Å²) in [6, 6.07) is 6.36. The number of hydrogen-bond donors (Lipinski definition) is 2. The Bertz CT molecular complexity index is 425. The van der Waals surface area contributed by atoms with Gasteiger partial charge >= 0.3 is 5.97 Å². The Labute approximate surface area is 101 Å². The number of carbonyl (C=O) groups is 1. The van der Waals surface area contributed by atoms with Crippen LogP contribution in [0.2, 0.25) is 0 Å². The number of ether oxygens (including phenoxy) is 1. The normalized spacial score (nSPS) is 22.8. The second-order valence-corrected chi connectivity index (χ2v) is 4.54. The number of nitrogens with one attached hydrogen (secondary N) is 1. The summed E-state index contributed by atoms with van der Waals surface area (Å²) in [6.45, 7) is 1.92. The molecule has 0 heterocycles. The molecule has 0 aliphatic heterocycles. The summed E-state index contributed by atoms with van der Waals surface area (Å²) >= 11 is 0. The lowest BCUT2D eigenvalue weighted by Gasteiger charge is -2.34. The van der Waals surface area contributed by atoms with Crippen molar-refractivity contribution in [3.05, 3.63) is 29.3 Å². The lowest BCUT2D eigenvalue weighted by molar-refractivity contribution is 0.0600. The third kappa shape index (κ3) is 2.42. The molecule has 1 fully saturated rings. The molecule has 0 unspecified atom stereocenters. The van der Waals surface area contributed by atoms with Crippen molar-refractivity contribution in [1.29, 1.82) is 0 Å². The number of methoxy groups -OCH3 is 1. The highest BCUT2D eigenvalue weighted by Crippen LogP contribution is 2.26. The van der Waals surface area contributed by atoms with E-state index in [0.29, 0.717) is 17.6 Å². The van der Waals surface area contributed by atoms with E-state index in [0.717, 1.165) is 24.1 Å². The fourth-order valence-corrected chi connectivity index (χ4v) is 2.12. The minimum absolute atomic E-state index is 0.295. The number of nitrogens with two attached hydrogens (primary N) is 1. The molecule has 1 aromatic carbocycles. The van der Waals surface area contributed by atoms with Crippen LogP contribution in [0.25, 0.3) is 0 Å². The Hall–Kier alpha value is -1.55. The van der Waals surface area contributed by atoms with Gasteiger partial charge in [0.1, 0.15) is 0 Å². The van der Waals surface area contributed by atoms with E-state index in [1.54, 1.807) is 6.07 Å². The fourth-order valence-electron chi connectivity index (χ4n) is 2.12. The standard InChI is InChI=1S/C13H18N2O2/c1-8-11(13(16)17-2)4-3-5-12(8)15-10-6-9(14)7-10/h3-5,9-10,15H,6-7,14H2,1-2H3. The molecule has 4 nitrogen and oxygen atoms in total. The quantitative estimate of drug-likeness (QED) is 0.781. The largest absolute Gasteiger partial charge is 0.465 e. The number of carbonyl (C=O) groups excluding carboxylic acids is 1. The van der Waals surface area contributed by atoms with Crippen molar-refractivity contribution in [3.63, 3.8) is 0 Å². The summed E-state index contributed by atoms with van der Waals surface area (Å²) in [7, 11) is 1.40. The minimum Gasteiger partial charge on any atom is -0.465 e. The summed E-state index contributed by atoms with van der Waals surface area (Å²) in [5.41, 5.74) is 8.28. The van der Waals surface area contributed by atoms with Crippen LogP contribution in [0.5, 0.6) is 0 Å². The van der Waals surface area contributed by atoms with Crippen molar-refractivity contribution in [2.75, 3.05) is 12.4 Å². The predicted octanol–water partition coefficient (Wildman–Crippen LogP) is 1.68. The van der Waals surface area contributed by atoms with Crippen molar-refractivity contribution in [2.45, 2.75) is 31.8 Å². The molecule has 1 saturated carbocycles. The molecule has 0 saturated heterocycles. The minimum atomic E-state index is -0.295. The first-order chi connectivity index (χ1) is 8.11. The lowest BCUT2D eigenvalue weighted by atomic mass is 9.87. The van der Waals surface area contributed by atoms with Gasteiger partial charge in [0, 0.05) is 17.8 Å². The molecule has 0 bridgehead atoms. The molecule has 3 N–H and O–H groups in total. The van der Waals surface area contributed by atoms with Crippen LogP contribution in [0.15, 0.2) is 18.2 Å². The van der Waals surface area contributed by atoms with Crippen molar-refractivity contribution >= 4 is 11.7 Å². The highest BCUT2D eigenvalue weighted by atomic mass is 16.5. The maximum absolute atomic E-state index is 11.5. The Kier molecular flexibility index (Phi) is 3.33. The fraction of sp³-hybridized carbons (Fsp3) is 0.462. The van der Waals surface area contributed by atoms with Crippen molar-refractivity contribution in [3.8, 4) is 0 Å². The average molecular weight is 234 g/mol. The highest BCUT2D eigenvalue weighted by Gasteiger charge is 2.26. The van der Waals surface area contributed by atoms with Crippen LogP contribution in [0.1, 0.15) is 28.8 Å². The number of hydrogen-bond acceptors (Lipinski definition) is 4. The van der Waals surface area contributed by atoms with Gasteiger partial charge in [0.15, 0.2) is 0 Å². The predicted molar refractivity (Wildman–Crippen MR) is 67.1 cm³/mol. The Morgan fingerprint density at radius 2 is 2.18 bits per heavy atom. The van der Waals surface area contributed by atoms with E-state index in [2.05, 4.69) is 5.32 Å². The van der Waals surface area contributed by atoms with E-state index < -0.39 is 0 Å². The Morgan fingerprint density at radius 3 is 2.76 bits per heavy atom. The number of benzene rings is 1. The molecule has 0 radical (unpaired) electrons.